The van der Waals surface area contributed by atoms with E-state index in [1.807, 2.05) is 43.0 Å². The van der Waals surface area contributed by atoms with E-state index in [9.17, 15) is 4.39 Å². The van der Waals surface area contributed by atoms with Crippen LogP contribution in [0.2, 0.25) is 0 Å². The summed E-state index contributed by atoms with van der Waals surface area (Å²) in [5.41, 5.74) is 8.89. The van der Waals surface area contributed by atoms with Crippen LogP contribution in [0.15, 0.2) is 42.5 Å². The van der Waals surface area contributed by atoms with E-state index in [4.69, 9.17) is 11.1 Å². The Hall–Kier alpha value is -2.36. The van der Waals surface area contributed by atoms with E-state index in [0.29, 0.717) is 12.1 Å². The van der Waals surface area contributed by atoms with E-state index in [1.165, 1.54) is 17.7 Å². The number of anilines is 2. The molecule has 0 saturated heterocycles. The molecular weight excluding hydrogens is 253 g/mol. The SMILES string of the molecule is CCN(c1ccc(C)cc1)c1ccc(F)cc1C(=N)N. The molecule has 0 amide bonds. The van der Waals surface area contributed by atoms with Crippen molar-refractivity contribution in [2.45, 2.75) is 13.8 Å². The maximum atomic E-state index is 13.4. The third-order valence-corrected chi connectivity index (χ3v) is 3.20. The van der Waals surface area contributed by atoms with Crippen LogP contribution in [0.25, 0.3) is 0 Å². The molecule has 3 nitrogen and oxygen atoms in total. The van der Waals surface area contributed by atoms with E-state index < -0.39 is 0 Å². The Kier molecular flexibility index (Phi) is 4.03. The minimum Gasteiger partial charge on any atom is -0.384 e. The largest absolute Gasteiger partial charge is 0.384 e. The fraction of sp³-hybridized carbons (Fsp3) is 0.188. The summed E-state index contributed by atoms with van der Waals surface area (Å²) in [5, 5.41) is 7.62. The van der Waals surface area contributed by atoms with Gasteiger partial charge in [-0.15, -0.1) is 0 Å². The lowest BCUT2D eigenvalue weighted by Crippen LogP contribution is -2.22. The fourth-order valence-corrected chi connectivity index (χ4v) is 2.18. The van der Waals surface area contributed by atoms with Crippen molar-refractivity contribution in [1.29, 1.82) is 5.41 Å². The summed E-state index contributed by atoms with van der Waals surface area (Å²) < 4.78 is 13.4. The molecule has 2 aromatic carbocycles. The molecule has 0 unspecified atom stereocenters. The Morgan fingerprint density at radius 2 is 1.85 bits per heavy atom. The van der Waals surface area contributed by atoms with Gasteiger partial charge in [0, 0.05) is 17.8 Å². The van der Waals surface area contributed by atoms with Gasteiger partial charge in [0.25, 0.3) is 0 Å². The number of nitrogens with zero attached hydrogens (tertiary/aromatic N) is 1. The van der Waals surface area contributed by atoms with Crippen LogP contribution in [0.5, 0.6) is 0 Å². The van der Waals surface area contributed by atoms with Gasteiger partial charge in [-0.25, -0.2) is 4.39 Å². The maximum Gasteiger partial charge on any atom is 0.125 e. The molecule has 2 aromatic rings. The number of nitrogen functional groups attached to an aromatic ring is 1. The molecule has 0 spiro atoms. The Balaban J connectivity index is 2.51. The van der Waals surface area contributed by atoms with Gasteiger partial charge in [0.05, 0.1) is 5.69 Å². The first-order valence-corrected chi connectivity index (χ1v) is 6.51. The zero-order valence-corrected chi connectivity index (χ0v) is 11.7. The molecule has 0 heterocycles. The maximum absolute atomic E-state index is 13.4. The molecule has 0 aromatic heterocycles. The Labute approximate surface area is 118 Å². The van der Waals surface area contributed by atoms with Gasteiger partial charge in [-0.1, -0.05) is 17.7 Å². The second-order valence-electron chi connectivity index (χ2n) is 4.65. The van der Waals surface area contributed by atoms with Crippen molar-refractivity contribution in [2.24, 2.45) is 5.73 Å². The average molecular weight is 271 g/mol. The standard InChI is InChI=1S/C16H18FN3/c1-3-20(13-7-4-11(2)5-8-13)15-9-6-12(17)10-14(15)16(18)19/h4-10H,3H2,1-2H3,(H3,18,19). The topological polar surface area (TPSA) is 53.1 Å². The lowest BCUT2D eigenvalue weighted by atomic mass is 10.1. The fourth-order valence-electron chi connectivity index (χ4n) is 2.18. The average Bonchev–Trinajstić information content (AvgIpc) is 2.43. The van der Waals surface area contributed by atoms with Gasteiger partial charge >= 0.3 is 0 Å². The second-order valence-corrected chi connectivity index (χ2v) is 4.65. The van der Waals surface area contributed by atoms with Gasteiger partial charge in [0.1, 0.15) is 11.7 Å². The van der Waals surface area contributed by atoms with Crippen molar-refractivity contribution in [1.82, 2.24) is 0 Å². The van der Waals surface area contributed by atoms with E-state index >= 15 is 0 Å². The lowest BCUT2D eigenvalue weighted by molar-refractivity contribution is 0.627. The third kappa shape index (κ3) is 2.79. The first kappa shape index (κ1) is 14.1. The Bertz CT molecular complexity index is 620. The molecule has 0 atom stereocenters. The zero-order valence-electron chi connectivity index (χ0n) is 11.7. The number of benzene rings is 2. The number of hydrogen-bond donors (Lipinski definition) is 2. The predicted octanol–water partition coefficient (Wildman–Crippen LogP) is 3.58. The van der Waals surface area contributed by atoms with Crippen molar-refractivity contribution in [3.63, 3.8) is 0 Å². The highest BCUT2D eigenvalue weighted by atomic mass is 19.1. The number of hydrogen-bond acceptors (Lipinski definition) is 2. The van der Waals surface area contributed by atoms with E-state index in [2.05, 4.69) is 0 Å². The van der Waals surface area contributed by atoms with E-state index in [-0.39, 0.29) is 11.7 Å². The van der Waals surface area contributed by atoms with Crippen molar-refractivity contribution in [3.05, 3.63) is 59.4 Å². The van der Waals surface area contributed by atoms with Crippen LogP contribution >= 0.6 is 0 Å². The predicted molar refractivity (Wildman–Crippen MR) is 81.3 cm³/mol. The summed E-state index contributed by atoms with van der Waals surface area (Å²) in [7, 11) is 0. The van der Waals surface area contributed by atoms with Gasteiger partial charge < -0.3 is 10.6 Å². The summed E-state index contributed by atoms with van der Waals surface area (Å²) >= 11 is 0. The quantitative estimate of drug-likeness (QED) is 0.659. The minimum atomic E-state index is -0.390. The van der Waals surface area contributed by atoms with Crippen LogP contribution in [0.4, 0.5) is 15.8 Å². The van der Waals surface area contributed by atoms with Crippen LogP contribution in [0.3, 0.4) is 0 Å². The molecule has 0 aliphatic rings. The van der Waals surface area contributed by atoms with Gasteiger partial charge in [-0.3, -0.25) is 5.41 Å². The normalized spacial score (nSPS) is 10.3. The number of nitrogens with two attached hydrogens (primary N) is 1. The van der Waals surface area contributed by atoms with Crippen molar-refractivity contribution in [3.8, 4) is 0 Å². The molecule has 20 heavy (non-hydrogen) atoms. The molecule has 0 radical (unpaired) electrons. The van der Waals surface area contributed by atoms with E-state index in [0.717, 1.165) is 11.4 Å². The minimum absolute atomic E-state index is 0.134. The van der Waals surface area contributed by atoms with Crippen LogP contribution in [0.1, 0.15) is 18.1 Å². The monoisotopic (exact) mass is 271 g/mol. The number of rotatable bonds is 4. The van der Waals surface area contributed by atoms with Gasteiger partial charge in [0.2, 0.25) is 0 Å². The smallest absolute Gasteiger partial charge is 0.125 e. The van der Waals surface area contributed by atoms with Crippen molar-refractivity contribution < 1.29 is 4.39 Å². The molecular formula is C16H18FN3. The number of amidine groups is 1. The van der Waals surface area contributed by atoms with Crippen molar-refractivity contribution in [2.75, 3.05) is 11.4 Å². The van der Waals surface area contributed by atoms with Gasteiger partial charge in [-0.05, 0) is 44.2 Å². The number of halogens is 1. The molecule has 0 aliphatic carbocycles. The van der Waals surface area contributed by atoms with Crippen LogP contribution in [0, 0.1) is 18.2 Å². The van der Waals surface area contributed by atoms with Crippen LogP contribution in [-0.4, -0.2) is 12.4 Å². The number of aryl methyl sites for hydroxylation is 1. The van der Waals surface area contributed by atoms with Gasteiger partial charge in [0.15, 0.2) is 0 Å². The Morgan fingerprint density at radius 1 is 1.20 bits per heavy atom. The Morgan fingerprint density at radius 3 is 2.40 bits per heavy atom. The molecule has 2 rings (SSSR count). The molecule has 4 heteroatoms. The van der Waals surface area contributed by atoms with Gasteiger partial charge in [-0.2, -0.15) is 0 Å². The lowest BCUT2D eigenvalue weighted by Gasteiger charge is -2.25. The molecule has 104 valence electrons. The first-order valence-electron chi connectivity index (χ1n) is 6.51. The highest BCUT2D eigenvalue weighted by Crippen LogP contribution is 2.29. The van der Waals surface area contributed by atoms with Crippen molar-refractivity contribution >= 4 is 17.2 Å². The molecule has 0 aliphatic heterocycles. The molecule has 0 bridgehead atoms. The molecule has 0 fully saturated rings. The van der Waals surface area contributed by atoms with Crippen LogP contribution < -0.4 is 10.6 Å². The third-order valence-electron chi connectivity index (χ3n) is 3.20. The second kappa shape index (κ2) is 5.74. The van der Waals surface area contributed by atoms with Crippen LogP contribution in [-0.2, 0) is 0 Å². The number of nitrogens with one attached hydrogen (secondary N) is 1. The van der Waals surface area contributed by atoms with E-state index in [1.54, 1.807) is 6.07 Å². The highest BCUT2D eigenvalue weighted by Gasteiger charge is 2.14. The zero-order chi connectivity index (χ0) is 14.7. The molecule has 3 N–H and O–H groups in total. The summed E-state index contributed by atoms with van der Waals surface area (Å²) in [6.45, 7) is 4.74. The summed E-state index contributed by atoms with van der Waals surface area (Å²) in [5.74, 6) is -0.524. The highest BCUT2D eigenvalue weighted by molar-refractivity contribution is 6.01. The molecule has 0 saturated carbocycles. The summed E-state index contributed by atoms with van der Waals surface area (Å²) in [6.07, 6.45) is 0. The first-order chi connectivity index (χ1) is 9.52. The summed E-state index contributed by atoms with van der Waals surface area (Å²) in [4.78, 5) is 2.01. The summed E-state index contributed by atoms with van der Waals surface area (Å²) in [6, 6.07) is 12.4.